The van der Waals surface area contributed by atoms with Gasteiger partial charge in [0.1, 0.15) is 12.0 Å². The molecule has 0 bridgehead atoms. The molecule has 1 aliphatic carbocycles. The maximum absolute atomic E-state index is 14.2. The first-order chi connectivity index (χ1) is 19.0. The Labute approximate surface area is 231 Å². The standard InChI is InChI=1S/C28H27F6NO4S/c29-27(30,31)25-19(7-11-24(37)35-12-14-38-15-13-35)6-10-23(26(25)28(32,33)34)40-22-3-1-2-21(16-22)39-20-8-4-18(17-36)5-9-20/h1-3,6-7,10-11,16-18,20H,4-5,8-9,12-15H2/b11-7+. The van der Waals surface area contributed by atoms with Crippen LogP contribution < -0.4 is 4.74 Å². The first-order valence-electron chi connectivity index (χ1n) is 12.7. The average molecular weight is 588 g/mol. The van der Waals surface area contributed by atoms with Crippen LogP contribution in [0, 0.1) is 5.92 Å². The zero-order valence-electron chi connectivity index (χ0n) is 21.3. The number of morpholine rings is 1. The summed E-state index contributed by atoms with van der Waals surface area (Å²) in [5.74, 6) is -0.245. The van der Waals surface area contributed by atoms with Crippen molar-refractivity contribution < 1.29 is 45.4 Å². The van der Waals surface area contributed by atoms with Gasteiger partial charge in [0.15, 0.2) is 0 Å². The molecule has 0 N–H and O–H groups in total. The van der Waals surface area contributed by atoms with Gasteiger partial charge in [0, 0.05) is 34.9 Å². The molecule has 216 valence electrons. The molecule has 0 atom stereocenters. The molecule has 2 aromatic rings. The van der Waals surface area contributed by atoms with E-state index in [9.17, 15) is 35.9 Å². The normalized spacial score (nSPS) is 20.5. The van der Waals surface area contributed by atoms with Crippen molar-refractivity contribution in [2.24, 2.45) is 5.92 Å². The third kappa shape index (κ3) is 7.60. The number of carbonyl (C=O) groups excluding carboxylic acids is 2. The van der Waals surface area contributed by atoms with E-state index in [1.54, 1.807) is 12.1 Å². The number of alkyl halides is 6. The average Bonchev–Trinajstić information content (AvgIpc) is 2.92. The van der Waals surface area contributed by atoms with Crippen molar-refractivity contribution in [3.63, 3.8) is 0 Å². The predicted molar refractivity (Wildman–Crippen MR) is 136 cm³/mol. The van der Waals surface area contributed by atoms with Crippen molar-refractivity contribution in [2.45, 2.75) is 53.9 Å². The molecule has 1 saturated heterocycles. The summed E-state index contributed by atoms with van der Waals surface area (Å²) in [4.78, 5) is 24.3. The minimum absolute atomic E-state index is 0.0133. The van der Waals surface area contributed by atoms with Crippen molar-refractivity contribution in [1.29, 1.82) is 0 Å². The van der Waals surface area contributed by atoms with Gasteiger partial charge in [0.25, 0.3) is 0 Å². The minimum atomic E-state index is -5.34. The molecule has 1 aliphatic heterocycles. The lowest BCUT2D eigenvalue weighted by Crippen LogP contribution is -2.39. The van der Waals surface area contributed by atoms with Crippen LogP contribution in [0.5, 0.6) is 5.75 Å². The Morgan fingerprint density at radius 2 is 1.62 bits per heavy atom. The van der Waals surface area contributed by atoms with Gasteiger partial charge in [-0.25, -0.2) is 0 Å². The van der Waals surface area contributed by atoms with Gasteiger partial charge >= 0.3 is 12.4 Å². The van der Waals surface area contributed by atoms with Crippen molar-refractivity contribution in [3.8, 4) is 5.75 Å². The summed E-state index contributed by atoms with van der Waals surface area (Å²) >= 11 is 0.548. The summed E-state index contributed by atoms with van der Waals surface area (Å²) in [6.45, 7) is 1.01. The quantitative estimate of drug-likeness (QED) is 0.201. The van der Waals surface area contributed by atoms with E-state index in [2.05, 4.69) is 0 Å². The second-order valence-electron chi connectivity index (χ2n) is 9.54. The molecule has 2 fully saturated rings. The highest BCUT2D eigenvalue weighted by atomic mass is 32.2. The summed E-state index contributed by atoms with van der Waals surface area (Å²) in [6.07, 6.45) is -5.62. The van der Waals surface area contributed by atoms with E-state index in [1.807, 2.05) is 0 Å². The fourth-order valence-electron chi connectivity index (χ4n) is 4.73. The highest BCUT2D eigenvalue weighted by molar-refractivity contribution is 7.99. The molecule has 1 heterocycles. The van der Waals surface area contributed by atoms with Crippen LogP contribution in [0.1, 0.15) is 42.4 Å². The van der Waals surface area contributed by atoms with Crippen molar-refractivity contribution >= 4 is 30.0 Å². The first kappa shape index (κ1) is 30.0. The molecule has 12 heteroatoms. The number of benzene rings is 2. The van der Waals surface area contributed by atoms with E-state index in [-0.39, 0.29) is 43.2 Å². The van der Waals surface area contributed by atoms with Gasteiger partial charge in [-0.05, 0) is 61.6 Å². The third-order valence-electron chi connectivity index (χ3n) is 6.74. The summed E-state index contributed by atoms with van der Waals surface area (Å²) in [7, 11) is 0. The number of amides is 1. The van der Waals surface area contributed by atoms with E-state index in [1.165, 1.54) is 17.0 Å². The molecule has 5 nitrogen and oxygen atoms in total. The molecule has 1 amide bonds. The van der Waals surface area contributed by atoms with E-state index >= 15 is 0 Å². The van der Waals surface area contributed by atoms with E-state index in [4.69, 9.17) is 9.47 Å². The van der Waals surface area contributed by atoms with Crippen molar-refractivity contribution in [3.05, 3.63) is 59.2 Å². The molecular formula is C28H27F6NO4S. The Balaban J connectivity index is 1.62. The van der Waals surface area contributed by atoms with Crippen LogP contribution in [0.3, 0.4) is 0 Å². The number of ether oxygens (including phenoxy) is 2. The van der Waals surface area contributed by atoms with E-state index in [0.29, 0.717) is 43.2 Å². The van der Waals surface area contributed by atoms with Gasteiger partial charge in [-0.1, -0.05) is 23.9 Å². The maximum atomic E-state index is 14.2. The topological polar surface area (TPSA) is 55.8 Å². The highest BCUT2D eigenvalue weighted by Crippen LogP contribution is 2.48. The lowest BCUT2D eigenvalue weighted by atomic mass is 9.88. The Bertz CT molecular complexity index is 1230. The van der Waals surface area contributed by atoms with Crippen LogP contribution in [0.4, 0.5) is 26.3 Å². The molecule has 0 radical (unpaired) electrons. The second-order valence-corrected chi connectivity index (χ2v) is 10.7. The number of hydrogen-bond donors (Lipinski definition) is 0. The van der Waals surface area contributed by atoms with Gasteiger partial charge in [0.05, 0.1) is 30.4 Å². The van der Waals surface area contributed by atoms with E-state index < -0.39 is 39.8 Å². The van der Waals surface area contributed by atoms with Crippen LogP contribution in [-0.2, 0) is 26.7 Å². The van der Waals surface area contributed by atoms with Gasteiger partial charge in [-0.3, -0.25) is 4.79 Å². The zero-order chi connectivity index (χ0) is 28.9. The molecule has 2 aromatic carbocycles. The Hall–Kier alpha value is -2.99. The summed E-state index contributed by atoms with van der Waals surface area (Å²) in [5, 5.41) is 0. The third-order valence-corrected chi connectivity index (χ3v) is 7.79. The smallest absolute Gasteiger partial charge is 0.418 e. The number of aldehydes is 1. The lowest BCUT2D eigenvalue weighted by molar-refractivity contribution is -0.163. The number of rotatable bonds is 7. The molecular weight excluding hydrogens is 560 g/mol. The van der Waals surface area contributed by atoms with Crippen molar-refractivity contribution in [2.75, 3.05) is 26.3 Å². The van der Waals surface area contributed by atoms with Crippen LogP contribution in [0.2, 0.25) is 0 Å². The van der Waals surface area contributed by atoms with Crippen LogP contribution in [0.25, 0.3) is 6.08 Å². The Morgan fingerprint density at radius 1 is 0.950 bits per heavy atom. The monoisotopic (exact) mass is 587 g/mol. The van der Waals surface area contributed by atoms with Crippen LogP contribution >= 0.6 is 11.8 Å². The first-order valence-corrected chi connectivity index (χ1v) is 13.5. The zero-order valence-corrected chi connectivity index (χ0v) is 22.1. The van der Waals surface area contributed by atoms with Crippen molar-refractivity contribution in [1.82, 2.24) is 4.90 Å². The fraction of sp³-hybridized carbons (Fsp3) is 0.429. The molecule has 40 heavy (non-hydrogen) atoms. The number of halogens is 6. The summed E-state index contributed by atoms with van der Waals surface area (Å²) < 4.78 is 96.0. The van der Waals surface area contributed by atoms with Gasteiger partial charge in [-0.15, -0.1) is 0 Å². The molecule has 0 unspecified atom stereocenters. The molecule has 4 rings (SSSR count). The summed E-state index contributed by atoms with van der Waals surface area (Å²) in [5.41, 5.74) is -4.42. The molecule has 1 saturated carbocycles. The van der Waals surface area contributed by atoms with Gasteiger partial charge in [-0.2, -0.15) is 26.3 Å². The molecule has 0 aromatic heterocycles. The lowest BCUT2D eigenvalue weighted by Gasteiger charge is -2.26. The second kappa shape index (κ2) is 12.7. The summed E-state index contributed by atoms with van der Waals surface area (Å²) in [6, 6.07) is 8.08. The maximum Gasteiger partial charge on any atom is 0.418 e. The molecule has 0 spiro atoms. The SMILES string of the molecule is O=CC1CCC(Oc2cccc(Sc3ccc(/C=C/C(=O)N4CCOCC4)c(C(F)(F)F)c3C(F)(F)F)c2)CC1. The fourth-order valence-corrected chi connectivity index (χ4v) is 5.77. The van der Waals surface area contributed by atoms with Crippen LogP contribution in [0.15, 0.2) is 52.3 Å². The minimum Gasteiger partial charge on any atom is -0.490 e. The van der Waals surface area contributed by atoms with Crippen LogP contribution in [-0.4, -0.2) is 49.5 Å². The van der Waals surface area contributed by atoms with E-state index in [0.717, 1.165) is 30.6 Å². The number of carbonyl (C=O) groups is 2. The number of hydrogen-bond acceptors (Lipinski definition) is 5. The molecule has 2 aliphatic rings. The number of nitrogens with zero attached hydrogens (tertiary/aromatic N) is 1. The Morgan fingerprint density at radius 3 is 2.25 bits per heavy atom. The highest BCUT2D eigenvalue weighted by Gasteiger charge is 2.46. The van der Waals surface area contributed by atoms with Gasteiger partial charge in [0.2, 0.25) is 5.91 Å². The predicted octanol–water partition coefficient (Wildman–Crippen LogP) is 6.88. The van der Waals surface area contributed by atoms with Gasteiger partial charge < -0.3 is 19.2 Å². The Kier molecular flexibility index (Phi) is 9.50. The largest absolute Gasteiger partial charge is 0.490 e.